The molecular weight excluding hydrogens is 392 g/mol. The third-order valence-corrected chi connectivity index (χ3v) is 11.4. The highest BCUT2D eigenvalue weighted by atomic mass is 16.1. The van der Waals surface area contributed by atoms with Gasteiger partial charge in [-0.25, -0.2) is 0 Å². The van der Waals surface area contributed by atoms with Crippen molar-refractivity contribution in [2.75, 3.05) is 0 Å². The smallest absolute Gasteiger partial charge is 0.138 e. The zero-order chi connectivity index (χ0) is 23.7. The second-order valence-corrected chi connectivity index (χ2v) is 13.5. The second-order valence-electron chi connectivity index (χ2n) is 13.5. The molecule has 6 atom stereocenters. The Morgan fingerprint density at radius 2 is 1.00 bits per heavy atom. The maximum Gasteiger partial charge on any atom is 0.138 e. The summed E-state index contributed by atoms with van der Waals surface area (Å²) in [5.41, 5.74) is 2.74. The van der Waals surface area contributed by atoms with Gasteiger partial charge >= 0.3 is 0 Å². The predicted octanol–water partition coefficient (Wildman–Crippen LogP) is 7.72. The van der Waals surface area contributed by atoms with Gasteiger partial charge in [-0.15, -0.1) is 0 Å². The van der Waals surface area contributed by atoms with Gasteiger partial charge in [0.25, 0.3) is 0 Å². The molecule has 0 saturated heterocycles. The maximum absolute atomic E-state index is 12.8. The van der Waals surface area contributed by atoms with Crippen LogP contribution in [0.5, 0.6) is 0 Å². The Morgan fingerprint density at radius 3 is 1.34 bits per heavy atom. The second kappa shape index (κ2) is 7.67. The highest BCUT2D eigenvalue weighted by molar-refractivity contribution is 5.86. The van der Waals surface area contributed by atoms with E-state index in [2.05, 4.69) is 54.7 Å². The molecule has 0 spiro atoms. The monoisotopic (exact) mass is 438 g/mol. The molecule has 4 aliphatic rings. The molecule has 0 amide bonds. The molecule has 0 bridgehead atoms. The number of ketones is 2. The minimum Gasteiger partial charge on any atom is -0.299 e. The van der Waals surface area contributed by atoms with Gasteiger partial charge in [-0.3, -0.25) is 9.59 Å². The van der Waals surface area contributed by atoms with Gasteiger partial charge in [0.15, 0.2) is 0 Å². The first kappa shape index (κ1) is 24.0. The third-order valence-electron chi connectivity index (χ3n) is 11.4. The van der Waals surface area contributed by atoms with Crippen LogP contribution in [0, 0.1) is 45.3 Å². The lowest BCUT2D eigenvalue weighted by Gasteiger charge is -2.59. The Labute approximate surface area is 196 Å². The minimum absolute atomic E-state index is 0.171. The van der Waals surface area contributed by atoms with Crippen molar-refractivity contribution >= 4 is 11.6 Å². The van der Waals surface area contributed by atoms with Crippen molar-refractivity contribution < 1.29 is 9.59 Å². The Kier molecular flexibility index (Phi) is 5.74. The molecule has 4 saturated carbocycles. The topological polar surface area (TPSA) is 34.1 Å². The summed E-state index contributed by atoms with van der Waals surface area (Å²) in [7, 11) is 0. The van der Waals surface area contributed by atoms with Crippen LogP contribution in [-0.2, 0) is 9.59 Å². The van der Waals surface area contributed by atoms with Gasteiger partial charge in [0.1, 0.15) is 11.6 Å². The van der Waals surface area contributed by atoms with Crippen LogP contribution >= 0.6 is 0 Å². The van der Waals surface area contributed by atoms with E-state index in [4.69, 9.17) is 0 Å². The van der Waals surface area contributed by atoms with E-state index in [0.717, 1.165) is 64.2 Å². The molecule has 178 valence electrons. The largest absolute Gasteiger partial charge is 0.299 e. The van der Waals surface area contributed by atoms with Crippen molar-refractivity contribution in [3.05, 3.63) is 24.3 Å². The quantitative estimate of drug-likeness (QED) is 0.423. The molecule has 6 unspecified atom stereocenters. The summed E-state index contributed by atoms with van der Waals surface area (Å²) in [6.45, 7) is 22.8. The highest BCUT2D eigenvalue weighted by Gasteiger charge is 2.58. The van der Waals surface area contributed by atoms with Gasteiger partial charge in [-0.2, -0.15) is 0 Å². The maximum atomic E-state index is 12.8. The Bertz CT molecular complexity index is 775. The van der Waals surface area contributed by atoms with Gasteiger partial charge in [-0.05, 0) is 85.9 Å². The van der Waals surface area contributed by atoms with Crippen LogP contribution in [0.15, 0.2) is 24.3 Å². The molecule has 2 nitrogen and oxygen atoms in total. The SMILES string of the molecule is C=C1CCC2C(C)(C)C(=O)CCC2(C)C1CCC1C(=C)CCC2C(C)(C)C(=O)CCC12C. The molecule has 0 heterocycles. The number of fused-ring (bicyclic) bond motifs is 2. The third kappa shape index (κ3) is 3.33. The highest BCUT2D eigenvalue weighted by Crippen LogP contribution is 2.64. The van der Waals surface area contributed by atoms with Gasteiger partial charge < -0.3 is 0 Å². The molecule has 0 aromatic rings. The molecular formula is C30H46O2. The standard InChI is InChI=1S/C30H46O2/c1-19-9-13-23-27(3,4)25(31)15-17-29(23,7)21(19)11-12-22-20(2)10-14-24-28(5,6)26(32)16-18-30(22,24)8/h21-24H,1-2,9-18H2,3-8H3. The molecule has 2 heteroatoms. The van der Waals surface area contributed by atoms with Crippen LogP contribution in [0.1, 0.15) is 106 Å². The van der Waals surface area contributed by atoms with Gasteiger partial charge in [0.2, 0.25) is 0 Å². The zero-order valence-corrected chi connectivity index (χ0v) is 21.6. The van der Waals surface area contributed by atoms with Crippen LogP contribution in [-0.4, -0.2) is 11.6 Å². The van der Waals surface area contributed by atoms with Crippen molar-refractivity contribution in [3.8, 4) is 0 Å². The fourth-order valence-corrected chi connectivity index (χ4v) is 9.35. The fraction of sp³-hybridized carbons (Fsp3) is 0.800. The first-order valence-corrected chi connectivity index (χ1v) is 13.2. The lowest BCUT2D eigenvalue weighted by atomic mass is 9.45. The average molecular weight is 439 g/mol. The molecule has 0 aromatic carbocycles. The van der Waals surface area contributed by atoms with Gasteiger partial charge in [0, 0.05) is 23.7 Å². The van der Waals surface area contributed by atoms with Crippen molar-refractivity contribution in [1.29, 1.82) is 0 Å². The molecule has 4 aliphatic carbocycles. The van der Waals surface area contributed by atoms with Crippen LogP contribution in [0.3, 0.4) is 0 Å². The summed E-state index contributed by atoms with van der Waals surface area (Å²) in [5.74, 6) is 2.80. The summed E-state index contributed by atoms with van der Waals surface area (Å²) in [6.07, 6.45) is 10.1. The van der Waals surface area contributed by atoms with Crippen molar-refractivity contribution in [1.82, 2.24) is 0 Å². The molecule has 0 aliphatic heterocycles. The average Bonchev–Trinajstić information content (AvgIpc) is 2.69. The summed E-state index contributed by atoms with van der Waals surface area (Å²) < 4.78 is 0. The van der Waals surface area contributed by atoms with E-state index in [1.807, 2.05) is 0 Å². The number of allylic oxidation sites excluding steroid dienone is 2. The molecule has 32 heavy (non-hydrogen) atoms. The molecule has 0 N–H and O–H groups in total. The van der Waals surface area contributed by atoms with Gasteiger partial charge in [0.05, 0.1) is 0 Å². The number of carbonyl (C=O) groups excluding carboxylic acids is 2. The van der Waals surface area contributed by atoms with Gasteiger partial charge in [-0.1, -0.05) is 65.8 Å². The zero-order valence-electron chi connectivity index (χ0n) is 21.6. The van der Waals surface area contributed by atoms with Crippen molar-refractivity contribution in [3.63, 3.8) is 0 Å². The number of hydrogen-bond donors (Lipinski definition) is 0. The van der Waals surface area contributed by atoms with E-state index in [0.29, 0.717) is 35.2 Å². The first-order chi connectivity index (χ1) is 14.8. The molecule has 0 aromatic heterocycles. The van der Waals surface area contributed by atoms with Crippen LogP contribution < -0.4 is 0 Å². The molecule has 4 rings (SSSR count). The van der Waals surface area contributed by atoms with Crippen LogP contribution in [0.2, 0.25) is 0 Å². The van der Waals surface area contributed by atoms with Crippen molar-refractivity contribution in [2.45, 2.75) is 106 Å². The Hall–Kier alpha value is -1.18. The number of carbonyl (C=O) groups is 2. The summed E-state index contributed by atoms with van der Waals surface area (Å²) in [6, 6.07) is 0. The van der Waals surface area contributed by atoms with E-state index in [-0.39, 0.29) is 21.7 Å². The lowest BCUT2D eigenvalue weighted by molar-refractivity contribution is -0.147. The lowest BCUT2D eigenvalue weighted by Crippen LogP contribution is -2.54. The summed E-state index contributed by atoms with van der Waals surface area (Å²) in [5, 5.41) is 0. The molecule has 4 fully saturated rings. The molecule has 0 radical (unpaired) electrons. The number of Topliss-reactive ketones (excluding diaryl/α,β-unsaturated/α-hetero) is 2. The van der Waals surface area contributed by atoms with E-state index < -0.39 is 0 Å². The van der Waals surface area contributed by atoms with E-state index in [1.165, 1.54) is 11.1 Å². The predicted molar refractivity (Wildman–Crippen MR) is 132 cm³/mol. The fourth-order valence-electron chi connectivity index (χ4n) is 9.35. The minimum atomic E-state index is -0.217. The van der Waals surface area contributed by atoms with Crippen molar-refractivity contribution in [2.24, 2.45) is 45.3 Å². The Morgan fingerprint density at radius 1 is 0.656 bits per heavy atom. The summed E-state index contributed by atoms with van der Waals surface area (Å²) in [4.78, 5) is 25.5. The van der Waals surface area contributed by atoms with Crippen LogP contribution in [0.25, 0.3) is 0 Å². The summed E-state index contributed by atoms with van der Waals surface area (Å²) >= 11 is 0. The number of hydrogen-bond acceptors (Lipinski definition) is 2. The first-order valence-electron chi connectivity index (χ1n) is 13.2. The Balaban J connectivity index is 1.59. The normalized spacial score (nSPS) is 43.6. The van der Waals surface area contributed by atoms with E-state index in [1.54, 1.807) is 0 Å². The van der Waals surface area contributed by atoms with E-state index >= 15 is 0 Å². The van der Waals surface area contributed by atoms with E-state index in [9.17, 15) is 9.59 Å². The van der Waals surface area contributed by atoms with Crippen LogP contribution in [0.4, 0.5) is 0 Å². The number of rotatable bonds is 3.